The van der Waals surface area contributed by atoms with E-state index in [1.165, 1.54) is 19.2 Å². The minimum atomic E-state index is -0.300. The minimum Gasteiger partial charge on any atom is -0.507 e. The van der Waals surface area contributed by atoms with E-state index in [4.69, 9.17) is 9.47 Å². The lowest BCUT2D eigenvalue weighted by molar-refractivity contribution is 0.0754. The number of aromatic hydroxyl groups is 1. The zero-order valence-electron chi connectivity index (χ0n) is 12.3. The van der Waals surface area contributed by atoms with E-state index in [-0.39, 0.29) is 23.3 Å². The first-order valence-electron chi connectivity index (χ1n) is 6.81. The number of phenolic OH excluding ortho intramolecular Hbond substituents is 1. The van der Waals surface area contributed by atoms with Crippen LogP contribution in [0.4, 0.5) is 0 Å². The van der Waals surface area contributed by atoms with Crippen molar-refractivity contribution in [3.05, 3.63) is 23.8 Å². The Morgan fingerprint density at radius 1 is 1.35 bits per heavy atom. The van der Waals surface area contributed by atoms with Gasteiger partial charge in [-0.2, -0.15) is 0 Å². The molecule has 5 heteroatoms. The van der Waals surface area contributed by atoms with Gasteiger partial charge in [-0.15, -0.1) is 0 Å². The SMILES string of the molecule is COc1ccc(O)c(C(=O)NCCCCOC(C)C)c1. The fourth-order valence-corrected chi connectivity index (χ4v) is 1.67. The number of nitrogens with one attached hydrogen (secondary N) is 1. The van der Waals surface area contributed by atoms with E-state index in [1.54, 1.807) is 6.07 Å². The number of hydrogen-bond donors (Lipinski definition) is 2. The molecule has 0 aromatic heterocycles. The van der Waals surface area contributed by atoms with Gasteiger partial charge in [-0.1, -0.05) is 0 Å². The number of phenols is 1. The molecule has 0 aliphatic heterocycles. The van der Waals surface area contributed by atoms with E-state index in [2.05, 4.69) is 5.32 Å². The van der Waals surface area contributed by atoms with Gasteiger partial charge in [0.15, 0.2) is 0 Å². The van der Waals surface area contributed by atoms with E-state index < -0.39 is 0 Å². The number of benzene rings is 1. The molecule has 20 heavy (non-hydrogen) atoms. The molecule has 0 bridgehead atoms. The fourth-order valence-electron chi connectivity index (χ4n) is 1.67. The van der Waals surface area contributed by atoms with Crippen LogP contribution in [-0.2, 0) is 4.74 Å². The summed E-state index contributed by atoms with van der Waals surface area (Å²) in [5.41, 5.74) is 0.225. The van der Waals surface area contributed by atoms with Crippen molar-refractivity contribution in [3.8, 4) is 11.5 Å². The van der Waals surface area contributed by atoms with Crippen LogP contribution in [0.5, 0.6) is 11.5 Å². The second kappa shape index (κ2) is 8.43. The Kier molecular flexibility index (Phi) is 6.87. The summed E-state index contributed by atoms with van der Waals surface area (Å²) >= 11 is 0. The molecular weight excluding hydrogens is 258 g/mol. The highest BCUT2D eigenvalue weighted by Gasteiger charge is 2.11. The lowest BCUT2D eigenvalue weighted by Crippen LogP contribution is -2.24. The quantitative estimate of drug-likeness (QED) is 0.718. The van der Waals surface area contributed by atoms with Crippen molar-refractivity contribution in [3.63, 3.8) is 0 Å². The number of amides is 1. The Hall–Kier alpha value is -1.75. The summed E-state index contributed by atoms with van der Waals surface area (Å²) in [7, 11) is 1.52. The first kappa shape index (κ1) is 16.3. The Bertz CT molecular complexity index is 432. The molecule has 112 valence electrons. The molecule has 1 rings (SSSR count). The zero-order valence-corrected chi connectivity index (χ0v) is 12.3. The van der Waals surface area contributed by atoms with Gasteiger partial charge in [0, 0.05) is 13.2 Å². The monoisotopic (exact) mass is 281 g/mol. The van der Waals surface area contributed by atoms with Crippen LogP contribution in [-0.4, -0.2) is 37.4 Å². The van der Waals surface area contributed by atoms with Crippen LogP contribution in [0.3, 0.4) is 0 Å². The molecule has 0 saturated carbocycles. The summed E-state index contributed by atoms with van der Waals surface area (Å²) in [4.78, 5) is 11.9. The van der Waals surface area contributed by atoms with Crippen LogP contribution in [0, 0.1) is 0 Å². The smallest absolute Gasteiger partial charge is 0.255 e. The summed E-state index contributed by atoms with van der Waals surface area (Å²) < 4.78 is 10.4. The Morgan fingerprint density at radius 3 is 2.75 bits per heavy atom. The van der Waals surface area contributed by atoms with Crippen molar-refractivity contribution in [2.24, 2.45) is 0 Å². The Balaban J connectivity index is 2.36. The minimum absolute atomic E-state index is 0.0496. The highest BCUT2D eigenvalue weighted by molar-refractivity contribution is 5.97. The lowest BCUT2D eigenvalue weighted by atomic mass is 10.1. The molecule has 0 atom stereocenters. The molecular formula is C15H23NO4. The van der Waals surface area contributed by atoms with Crippen molar-refractivity contribution >= 4 is 5.91 Å². The van der Waals surface area contributed by atoms with Crippen LogP contribution < -0.4 is 10.1 Å². The third-order valence-corrected chi connectivity index (χ3v) is 2.76. The number of rotatable bonds is 8. The highest BCUT2D eigenvalue weighted by Crippen LogP contribution is 2.22. The summed E-state index contributed by atoms with van der Waals surface area (Å²) in [6, 6.07) is 4.58. The Morgan fingerprint density at radius 2 is 2.10 bits per heavy atom. The molecule has 5 nitrogen and oxygen atoms in total. The van der Waals surface area contributed by atoms with Gasteiger partial charge in [-0.3, -0.25) is 4.79 Å². The van der Waals surface area contributed by atoms with Gasteiger partial charge in [-0.05, 0) is 44.9 Å². The first-order chi connectivity index (χ1) is 9.54. The largest absolute Gasteiger partial charge is 0.507 e. The number of carbonyl (C=O) groups is 1. The molecule has 1 aromatic rings. The maximum atomic E-state index is 11.9. The summed E-state index contributed by atoms with van der Waals surface area (Å²) in [5, 5.41) is 12.4. The summed E-state index contributed by atoms with van der Waals surface area (Å²) in [6.07, 6.45) is 1.96. The molecule has 0 aliphatic rings. The molecule has 1 aromatic carbocycles. The zero-order chi connectivity index (χ0) is 15.0. The molecule has 0 fully saturated rings. The molecule has 0 unspecified atom stereocenters. The number of unbranched alkanes of at least 4 members (excludes halogenated alkanes) is 1. The summed E-state index contributed by atoms with van der Waals surface area (Å²) in [5.74, 6) is 0.191. The molecule has 2 N–H and O–H groups in total. The third kappa shape index (κ3) is 5.48. The average Bonchev–Trinajstić information content (AvgIpc) is 2.42. The van der Waals surface area contributed by atoms with Gasteiger partial charge < -0.3 is 19.9 Å². The summed E-state index contributed by atoms with van der Waals surface area (Å²) in [6.45, 7) is 5.23. The fraction of sp³-hybridized carbons (Fsp3) is 0.533. The van der Waals surface area contributed by atoms with E-state index in [0.29, 0.717) is 18.9 Å². The molecule has 0 radical (unpaired) electrons. The molecule has 0 saturated heterocycles. The van der Waals surface area contributed by atoms with Crippen molar-refractivity contribution in [1.29, 1.82) is 0 Å². The molecule has 0 heterocycles. The van der Waals surface area contributed by atoms with Crippen LogP contribution in [0.2, 0.25) is 0 Å². The highest BCUT2D eigenvalue weighted by atomic mass is 16.5. The average molecular weight is 281 g/mol. The van der Waals surface area contributed by atoms with Gasteiger partial charge in [0.1, 0.15) is 11.5 Å². The standard InChI is InChI=1S/C15H23NO4/c1-11(2)20-9-5-4-8-16-15(18)13-10-12(19-3)6-7-14(13)17/h6-7,10-11,17H,4-5,8-9H2,1-3H3,(H,16,18). The number of carbonyl (C=O) groups excluding carboxylic acids is 1. The topological polar surface area (TPSA) is 67.8 Å². The van der Waals surface area contributed by atoms with Gasteiger partial charge in [-0.25, -0.2) is 0 Å². The van der Waals surface area contributed by atoms with Gasteiger partial charge in [0.05, 0.1) is 18.8 Å². The maximum Gasteiger partial charge on any atom is 0.255 e. The second-order valence-corrected chi connectivity index (χ2v) is 4.77. The number of hydrogen-bond acceptors (Lipinski definition) is 4. The van der Waals surface area contributed by atoms with E-state index in [9.17, 15) is 9.90 Å². The lowest BCUT2D eigenvalue weighted by Gasteiger charge is -2.09. The van der Waals surface area contributed by atoms with Crippen molar-refractivity contribution in [1.82, 2.24) is 5.32 Å². The van der Waals surface area contributed by atoms with Crippen LogP contribution in [0.25, 0.3) is 0 Å². The van der Waals surface area contributed by atoms with Crippen molar-refractivity contribution in [2.45, 2.75) is 32.8 Å². The predicted octanol–water partition coefficient (Wildman–Crippen LogP) is 2.34. The maximum absolute atomic E-state index is 11.9. The third-order valence-electron chi connectivity index (χ3n) is 2.76. The van der Waals surface area contributed by atoms with E-state index in [1.807, 2.05) is 13.8 Å². The Labute approximate surface area is 119 Å². The van der Waals surface area contributed by atoms with Crippen molar-refractivity contribution in [2.75, 3.05) is 20.3 Å². The van der Waals surface area contributed by atoms with E-state index >= 15 is 0 Å². The predicted molar refractivity (Wildman–Crippen MR) is 77.3 cm³/mol. The normalized spacial score (nSPS) is 10.6. The van der Waals surface area contributed by atoms with Crippen LogP contribution in [0.15, 0.2) is 18.2 Å². The van der Waals surface area contributed by atoms with E-state index in [0.717, 1.165) is 12.8 Å². The molecule has 1 amide bonds. The van der Waals surface area contributed by atoms with Crippen LogP contribution >= 0.6 is 0 Å². The van der Waals surface area contributed by atoms with Gasteiger partial charge in [0.25, 0.3) is 5.91 Å². The molecule has 0 spiro atoms. The number of ether oxygens (including phenoxy) is 2. The van der Waals surface area contributed by atoms with Gasteiger partial charge >= 0.3 is 0 Å². The first-order valence-corrected chi connectivity index (χ1v) is 6.81. The van der Waals surface area contributed by atoms with Crippen molar-refractivity contribution < 1.29 is 19.4 Å². The number of methoxy groups -OCH3 is 1. The second-order valence-electron chi connectivity index (χ2n) is 4.77. The van der Waals surface area contributed by atoms with Crippen LogP contribution in [0.1, 0.15) is 37.0 Å². The molecule has 0 aliphatic carbocycles. The van der Waals surface area contributed by atoms with Gasteiger partial charge in [0.2, 0.25) is 0 Å².